The number of thiocarbonyl (C=S) groups is 1. The van der Waals surface area contributed by atoms with E-state index in [4.69, 9.17) is 23.8 Å². The van der Waals surface area contributed by atoms with Crippen LogP contribution in [0.4, 0.5) is 37.7 Å². The summed E-state index contributed by atoms with van der Waals surface area (Å²) in [6.07, 6.45) is -8.61. The summed E-state index contributed by atoms with van der Waals surface area (Å²) in [5.41, 5.74) is 0.290. The zero-order valence-electron chi connectivity index (χ0n) is 15.5. The second-order valence-electron chi connectivity index (χ2n) is 6.22. The molecule has 0 aliphatic heterocycles. The second-order valence-corrected chi connectivity index (χ2v) is 7.03. The van der Waals surface area contributed by atoms with Gasteiger partial charge in [-0.15, -0.1) is 0 Å². The Morgan fingerprint density at radius 3 is 2.03 bits per heavy atom. The van der Waals surface area contributed by atoms with Crippen LogP contribution in [0.5, 0.6) is 0 Å². The molecule has 0 bridgehead atoms. The molecule has 0 aromatic heterocycles. The molecule has 12 heteroatoms. The van der Waals surface area contributed by atoms with Crippen LogP contribution in [-0.2, 0) is 12.4 Å². The molecule has 0 aliphatic carbocycles. The minimum absolute atomic E-state index is 0.0270. The summed E-state index contributed by atoms with van der Waals surface area (Å²) in [5, 5.41) is 6.13. The van der Waals surface area contributed by atoms with Gasteiger partial charge in [-0.2, -0.15) is 31.4 Å². The van der Waals surface area contributed by atoms with Gasteiger partial charge >= 0.3 is 12.4 Å². The van der Waals surface area contributed by atoms with E-state index in [0.29, 0.717) is 22.7 Å². The number of hydrogen-bond donors (Lipinski definition) is 2. The molecule has 0 fully saturated rings. The summed E-state index contributed by atoms with van der Waals surface area (Å²) in [7, 11) is 3.67. The highest BCUT2D eigenvalue weighted by atomic mass is 35.5. The van der Waals surface area contributed by atoms with Gasteiger partial charge < -0.3 is 10.2 Å². The number of hydrazone groups is 1. The first-order valence-electron chi connectivity index (χ1n) is 8.14. The number of nitrogens with zero attached hydrogens (tertiary/aromatic N) is 2. The van der Waals surface area contributed by atoms with Crippen molar-refractivity contribution in [3.05, 3.63) is 58.1 Å². The molecule has 2 N–H and O–H groups in total. The summed E-state index contributed by atoms with van der Waals surface area (Å²) in [5.74, 6) is 0. The molecular formula is C18H15ClF6N4S. The van der Waals surface area contributed by atoms with Crippen LogP contribution in [0.15, 0.2) is 41.5 Å². The lowest BCUT2D eigenvalue weighted by Crippen LogP contribution is -2.24. The van der Waals surface area contributed by atoms with Crippen LogP contribution < -0.4 is 15.6 Å². The fourth-order valence-electron chi connectivity index (χ4n) is 2.25. The van der Waals surface area contributed by atoms with Gasteiger partial charge in [-0.1, -0.05) is 11.6 Å². The lowest BCUT2D eigenvalue weighted by Gasteiger charge is -2.15. The van der Waals surface area contributed by atoms with E-state index >= 15 is 0 Å². The van der Waals surface area contributed by atoms with Crippen LogP contribution in [0.3, 0.4) is 0 Å². The summed E-state index contributed by atoms with van der Waals surface area (Å²) in [4.78, 5) is 1.84. The average Bonchev–Trinajstić information content (AvgIpc) is 2.61. The molecule has 0 heterocycles. The standard InChI is InChI=1S/C18H15ClF6N4S/c1-29(2)14-4-3-10(15(19)8-14)9-26-28-16(30)27-13-6-11(17(20,21)22)5-12(7-13)18(23,24)25/h3-9H,1-2H3,(H2,27,28,30)/b26-9-. The van der Waals surface area contributed by atoms with Gasteiger partial charge in [0.15, 0.2) is 5.11 Å². The molecule has 0 aliphatic rings. The molecule has 4 nitrogen and oxygen atoms in total. The Kier molecular flexibility index (Phi) is 7.19. The van der Waals surface area contributed by atoms with Crippen LogP contribution >= 0.6 is 23.8 Å². The number of alkyl halides is 6. The Morgan fingerprint density at radius 1 is 1.00 bits per heavy atom. The largest absolute Gasteiger partial charge is 0.416 e. The Labute approximate surface area is 178 Å². The van der Waals surface area contributed by atoms with Crippen molar-refractivity contribution in [2.24, 2.45) is 5.10 Å². The van der Waals surface area contributed by atoms with E-state index in [1.54, 1.807) is 18.2 Å². The zero-order valence-corrected chi connectivity index (χ0v) is 17.1. The maximum atomic E-state index is 12.9. The molecule has 0 radical (unpaired) electrons. The Bertz CT molecular complexity index is 924. The van der Waals surface area contributed by atoms with E-state index in [1.807, 2.05) is 19.0 Å². The van der Waals surface area contributed by atoms with Gasteiger partial charge in [-0.25, -0.2) is 0 Å². The summed E-state index contributed by atoms with van der Waals surface area (Å²) >= 11 is 11.0. The molecule has 2 aromatic rings. The van der Waals surface area contributed by atoms with E-state index in [-0.39, 0.29) is 11.2 Å². The molecule has 0 saturated carbocycles. The first kappa shape index (κ1) is 23.7. The van der Waals surface area contributed by atoms with Gasteiger partial charge in [0.1, 0.15) is 0 Å². The molecule has 0 spiro atoms. The molecular weight excluding hydrogens is 454 g/mol. The minimum Gasteiger partial charge on any atom is -0.378 e. The van der Waals surface area contributed by atoms with Crippen LogP contribution in [0.1, 0.15) is 16.7 Å². The van der Waals surface area contributed by atoms with Crippen molar-refractivity contribution in [1.29, 1.82) is 0 Å². The number of benzene rings is 2. The van der Waals surface area contributed by atoms with Crippen LogP contribution in [0, 0.1) is 0 Å². The maximum absolute atomic E-state index is 12.9. The highest BCUT2D eigenvalue weighted by Gasteiger charge is 2.37. The molecule has 0 saturated heterocycles. The Hall–Kier alpha value is -2.53. The summed E-state index contributed by atoms with van der Waals surface area (Å²) in [6.45, 7) is 0. The van der Waals surface area contributed by atoms with E-state index in [9.17, 15) is 26.3 Å². The van der Waals surface area contributed by atoms with E-state index in [1.165, 1.54) is 6.21 Å². The summed E-state index contributed by atoms with van der Waals surface area (Å²) in [6, 6.07) is 6.22. The number of anilines is 2. The lowest BCUT2D eigenvalue weighted by atomic mass is 10.1. The van der Waals surface area contributed by atoms with Crippen LogP contribution in [0.25, 0.3) is 0 Å². The smallest absolute Gasteiger partial charge is 0.378 e. The Morgan fingerprint density at radius 2 is 1.57 bits per heavy atom. The minimum atomic E-state index is -4.96. The van der Waals surface area contributed by atoms with Crippen LogP contribution in [0.2, 0.25) is 5.02 Å². The van der Waals surface area contributed by atoms with Crippen molar-refractivity contribution >= 4 is 46.5 Å². The highest BCUT2D eigenvalue weighted by molar-refractivity contribution is 7.80. The van der Waals surface area contributed by atoms with Crippen molar-refractivity contribution in [3.63, 3.8) is 0 Å². The number of rotatable bonds is 4. The van der Waals surface area contributed by atoms with Gasteiger partial charge in [-0.05, 0) is 48.6 Å². The first-order valence-corrected chi connectivity index (χ1v) is 8.92. The normalized spacial score (nSPS) is 12.2. The van der Waals surface area contributed by atoms with E-state index < -0.39 is 29.2 Å². The van der Waals surface area contributed by atoms with Gasteiger partial charge in [-0.3, -0.25) is 5.43 Å². The van der Waals surface area contributed by atoms with Crippen molar-refractivity contribution in [3.8, 4) is 0 Å². The summed E-state index contributed by atoms with van der Waals surface area (Å²) < 4.78 is 77.4. The first-order chi connectivity index (χ1) is 13.8. The van der Waals surface area contributed by atoms with Crippen molar-refractivity contribution in [1.82, 2.24) is 5.43 Å². The topological polar surface area (TPSA) is 39.7 Å². The third kappa shape index (κ3) is 6.49. The van der Waals surface area contributed by atoms with Gasteiger partial charge in [0.25, 0.3) is 0 Å². The van der Waals surface area contributed by atoms with Gasteiger partial charge in [0, 0.05) is 31.0 Å². The molecule has 0 amide bonds. The van der Waals surface area contributed by atoms with E-state index in [0.717, 1.165) is 5.69 Å². The molecule has 0 unspecified atom stereocenters. The molecule has 2 rings (SSSR count). The van der Waals surface area contributed by atoms with Gasteiger partial charge in [0.2, 0.25) is 0 Å². The SMILES string of the molecule is CN(C)c1ccc(/C=N\NC(=S)Nc2cc(C(F)(F)F)cc(C(F)(F)F)c2)c(Cl)c1. The quantitative estimate of drug-likeness (QED) is 0.259. The zero-order chi connectivity index (χ0) is 22.7. The predicted octanol–water partition coefficient (Wildman–Crippen LogP) is 5.76. The second kappa shape index (κ2) is 9.09. The monoisotopic (exact) mass is 468 g/mol. The average molecular weight is 469 g/mol. The highest BCUT2D eigenvalue weighted by Crippen LogP contribution is 2.37. The van der Waals surface area contributed by atoms with Crippen molar-refractivity contribution in [2.45, 2.75) is 12.4 Å². The fraction of sp³-hybridized carbons (Fsp3) is 0.222. The molecule has 2 aromatic carbocycles. The van der Waals surface area contributed by atoms with Gasteiger partial charge in [0.05, 0.1) is 22.4 Å². The van der Waals surface area contributed by atoms with Crippen molar-refractivity contribution < 1.29 is 26.3 Å². The lowest BCUT2D eigenvalue weighted by molar-refractivity contribution is -0.143. The van der Waals surface area contributed by atoms with E-state index in [2.05, 4.69) is 15.8 Å². The Balaban J connectivity index is 2.13. The fourth-order valence-corrected chi connectivity index (χ4v) is 2.64. The number of hydrogen-bond acceptors (Lipinski definition) is 3. The number of nitrogens with one attached hydrogen (secondary N) is 2. The predicted molar refractivity (Wildman–Crippen MR) is 109 cm³/mol. The molecule has 0 atom stereocenters. The maximum Gasteiger partial charge on any atom is 0.416 e. The third-order valence-corrected chi connectivity index (χ3v) is 4.24. The van der Waals surface area contributed by atoms with Crippen LogP contribution in [-0.4, -0.2) is 25.4 Å². The van der Waals surface area contributed by atoms with Crippen molar-refractivity contribution in [2.75, 3.05) is 24.3 Å². The number of halogens is 7. The third-order valence-electron chi connectivity index (χ3n) is 3.72. The molecule has 162 valence electrons. The molecule has 30 heavy (non-hydrogen) atoms.